The van der Waals surface area contributed by atoms with Gasteiger partial charge in [-0.2, -0.15) is 9.05 Å². The second-order valence-corrected chi connectivity index (χ2v) is 8.17. The molecule has 1 aliphatic rings. The molecule has 2 amide bonds. The van der Waals surface area contributed by atoms with E-state index >= 15 is 0 Å². The maximum absolute atomic E-state index is 12.0. The van der Waals surface area contributed by atoms with Gasteiger partial charge in [-0.3, -0.25) is 9.59 Å². The molecule has 0 saturated carbocycles. The second kappa shape index (κ2) is 8.67. The van der Waals surface area contributed by atoms with Gasteiger partial charge in [-0.1, -0.05) is 0 Å². The van der Waals surface area contributed by atoms with Gasteiger partial charge in [0.15, 0.2) is 0 Å². The lowest BCUT2D eigenvalue weighted by Crippen LogP contribution is -2.62. The highest BCUT2D eigenvalue weighted by atomic mass is 31.1. The summed E-state index contributed by atoms with van der Waals surface area (Å²) in [4.78, 5) is 47.0. The van der Waals surface area contributed by atoms with Crippen molar-refractivity contribution in [1.29, 1.82) is 0 Å². The molecule has 0 spiro atoms. The number of hydrogen-bond donors (Lipinski definition) is 2. The van der Waals surface area contributed by atoms with Crippen LogP contribution in [0.2, 0.25) is 0 Å². The SMILES string of the molecule is CO[P+]([O-])=C(C)C[C@@H]1NC(=O)[C@H](CC(C)=[P+]([O-])OC)NC1=O. The number of piperazine rings is 1. The zero-order chi connectivity index (χ0) is 16.9. The van der Waals surface area contributed by atoms with Crippen LogP contribution in [0.5, 0.6) is 0 Å². The summed E-state index contributed by atoms with van der Waals surface area (Å²) >= 11 is 0. The molecular weight excluding hydrogens is 330 g/mol. The van der Waals surface area contributed by atoms with Crippen LogP contribution in [0.1, 0.15) is 26.7 Å². The van der Waals surface area contributed by atoms with Crippen molar-refractivity contribution in [1.82, 2.24) is 10.6 Å². The first-order chi connectivity index (χ1) is 10.3. The molecule has 1 aliphatic heterocycles. The predicted octanol–water partition coefficient (Wildman–Crippen LogP) is -1.23. The molecule has 1 saturated heterocycles. The van der Waals surface area contributed by atoms with Crippen molar-refractivity contribution in [2.75, 3.05) is 14.2 Å². The van der Waals surface area contributed by atoms with E-state index in [0.717, 1.165) is 0 Å². The third-order valence-electron chi connectivity index (χ3n) is 3.22. The molecule has 0 aromatic carbocycles. The number of carbonyl (C=O) groups is 2. The smallest absolute Gasteiger partial charge is 0.243 e. The third-order valence-corrected chi connectivity index (χ3v) is 5.50. The fraction of sp³-hybridized carbons (Fsp3) is 0.667. The van der Waals surface area contributed by atoms with E-state index < -0.39 is 28.1 Å². The van der Waals surface area contributed by atoms with E-state index in [1.165, 1.54) is 14.2 Å². The summed E-state index contributed by atoms with van der Waals surface area (Å²) in [6.45, 7) is 3.21. The summed E-state index contributed by atoms with van der Waals surface area (Å²) in [5.74, 6) is -0.743. The molecule has 124 valence electrons. The number of carbonyl (C=O) groups excluding carboxylic acids is 2. The summed E-state index contributed by atoms with van der Waals surface area (Å²) in [5.41, 5.74) is 0. The summed E-state index contributed by atoms with van der Waals surface area (Å²) < 4.78 is 9.41. The standard InChI is InChI=1S/C12H20N2O6P2/c1-7(21(17)19-3)5-9-11(15)14-10(12(16)13-9)6-8(2)22(18)20-4/h9-10H,5-6H2,1-4H3,(H,13,16)(H,14,15)/t9-,10-/m0/s1. The Kier molecular flexibility index (Phi) is 7.56. The summed E-state index contributed by atoms with van der Waals surface area (Å²) in [7, 11) is -1.29. The molecule has 0 radical (unpaired) electrons. The van der Waals surface area contributed by atoms with Gasteiger partial charge in [0.25, 0.3) is 0 Å². The molecule has 4 atom stereocenters. The normalized spacial score (nSPS) is 24.3. The lowest BCUT2D eigenvalue weighted by atomic mass is 10.0. The number of rotatable bonds is 6. The lowest BCUT2D eigenvalue weighted by Gasteiger charge is -2.28. The molecule has 10 heteroatoms. The van der Waals surface area contributed by atoms with Gasteiger partial charge in [-0.25, -0.2) is 0 Å². The molecule has 1 heterocycles. The fourth-order valence-electron chi connectivity index (χ4n) is 2.01. The highest BCUT2D eigenvalue weighted by Crippen LogP contribution is 2.19. The van der Waals surface area contributed by atoms with Gasteiger partial charge in [-0.05, 0) is 13.8 Å². The summed E-state index contributed by atoms with van der Waals surface area (Å²) in [6.07, 6.45) is 0.282. The molecule has 0 aromatic rings. The maximum atomic E-state index is 12.0. The Hall–Kier alpha value is -0.880. The van der Waals surface area contributed by atoms with Crippen LogP contribution in [0.4, 0.5) is 0 Å². The number of nitrogens with one attached hydrogen (secondary N) is 2. The van der Waals surface area contributed by atoms with Crippen molar-refractivity contribution in [2.45, 2.75) is 38.8 Å². The summed E-state index contributed by atoms with van der Waals surface area (Å²) in [5, 5.41) is 6.14. The van der Waals surface area contributed by atoms with E-state index in [4.69, 9.17) is 9.05 Å². The second-order valence-electron chi connectivity index (χ2n) is 4.88. The first-order valence-electron chi connectivity index (χ1n) is 6.58. The fourth-order valence-corrected chi connectivity index (χ4v) is 3.30. The molecule has 1 rings (SSSR count). The van der Waals surface area contributed by atoms with Crippen molar-refractivity contribution < 1.29 is 28.4 Å². The maximum Gasteiger partial charge on any atom is 0.243 e. The van der Waals surface area contributed by atoms with Gasteiger partial charge < -0.3 is 20.4 Å². The van der Waals surface area contributed by atoms with Crippen molar-refractivity contribution in [2.24, 2.45) is 0 Å². The lowest BCUT2D eigenvalue weighted by molar-refractivity contribution is -0.171. The van der Waals surface area contributed by atoms with Gasteiger partial charge in [-0.15, -0.1) is 0 Å². The van der Waals surface area contributed by atoms with Gasteiger partial charge >= 0.3 is 0 Å². The average molecular weight is 350 g/mol. The highest BCUT2D eigenvalue weighted by molar-refractivity contribution is 7.47. The Balaban J connectivity index is 2.73. The molecule has 2 unspecified atom stereocenters. The monoisotopic (exact) mass is 350 g/mol. The van der Waals surface area contributed by atoms with Crippen molar-refractivity contribution in [3.05, 3.63) is 0 Å². The number of hydrogen-bond acceptors (Lipinski definition) is 6. The Morgan fingerprint density at radius 2 is 1.27 bits per heavy atom. The number of amides is 2. The minimum atomic E-state index is -1.96. The van der Waals surface area contributed by atoms with Crippen LogP contribution < -0.4 is 20.4 Å². The van der Waals surface area contributed by atoms with Crippen LogP contribution in [0.25, 0.3) is 0 Å². The first-order valence-corrected chi connectivity index (χ1v) is 8.94. The van der Waals surface area contributed by atoms with Gasteiger partial charge in [0.1, 0.15) is 22.7 Å². The molecule has 8 nitrogen and oxygen atoms in total. The quantitative estimate of drug-likeness (QED) is 0.579. The zero-order valence-electron chi connectivity index (χ0n) is 12.9. The van der Waals surface area contributed by atoms with Crippen LogP contribution in [0.3, 0.4) is 0 Å². The van der Waals surface area contributed by atoms with Crippen LogP contribution in [-0.2, 0) is 18.6 Å². The Morgan fingerprint density at radius 3 is 1.55 bits per heavy atom. The molecule has 0 aromatic heterocycles. The van der Waals surface area contributed by atoms with Crippen molar-refractivity contribution >= 4 is 38.4 Å². The van der Waals surface area contributed by atoms with Gasteiger partial charge in [0, 0.05) is 12.8 Å². The Morgan fingerprint density at radius 1 is 0.955 bits per heavy atom. The minimum Gasteiger partial charge on any atom is -0.603 e. The largest absolute Gasteiger partial charge is 0.603 e. The van der Waals surface area contributed by atoms with Crippen molar-refractivity contribution in [3.8, 4) is 0 Å². The van der Waals surface area contributed by atoms with Crippen molar-refractivity contribution in [3.63, 3.8) is 0 Å². The Labute approximate surface area is 131 Å². The average Bonchev–Trinajstić information content (AvgIpc) is 2.50. The topological polar surface area (TPSA) is 123 Å². The Bertz CT molecular complexity index is 474. The van der Waals surface area contributed by atoms with E-state index in [0.29, 0.717) is 10.6 Å². The van der Waals surface area contributed by atoms with E-state index in [1.807, 2.05) is 0 Å². The van der Waals surface area contributed by atoms with E-state index in [-0.39, 0.29) is 24.7 Å². The first kappa shape index (κ1) is 19.2. The van der Waals surface area contributed by atoms with E-state index in [2.05, 4.69) is 10.6 Å². The molecule has 0 bridgehead atoms. The minimum absolute atomic E-state index is 0.141. The predicted molar refractivity (Wildman–Crippen MR) is 82.3 cm³/mol. The molecular formula is C12H20N2O6P2. The van der Waals surface area contributed by atoms with E-state index in [1.54, 1.807) is 13.8 Å². The molecule has 1 fully saturated rings. The van der Waals surface area contributed by atoms with E-state index in [9.17, 15) is 19.4 Å². The molecule has 0 aliphatic carbocycles. The summed E-state index contributed by atoms with van der Waals surface area (Å²) in [6, 6.07) is -1.57. The molecule has 2 N–H and O–H groups in total. The highest BCUT2D eigenvalue weighted by Gasteiger charge is 2.35. The van der Waals surface area contributed by atoms with Crippen LogP contribution in [-0.4, -0.2) is 48.7 Å². The van der Waals surface area contributed by atoms with Gasteiger partial charge in [0.05, 0.1) is 14.2 Å². The molecule has 22 heavy (non-hydrogen) atoms. The zero-order valence-corrected chi connectivity index (χ0v) is 14.7. The van der Waals surface area contributed by atoms with Crippen LogP contribution in [0, 0.1) is 0 Å². The van der Waals surface area contributed by atoms with Crippen LogP contribution >= 0.6 is 16.0 Å². The van der Waals surface area contributed by atoms with Gasteiger partial charge in [0.2, 0.25) is 27.8 Å². The van der Waals surface area contributed by atoms with Crippen LogP contribution in [0.15, 0.2) is 0 Å². The third kappa shape index (κ3) is 5.09.